The Bertz CT molecular complexity index is 818. The first-order valence-corrected chi connectivity index (χ1v) is 9.01. The van der Waals surface area contributed by atoms with Crippen LogP contribution in [0.4, 0.5) is 4.39 Å². The number of halogens is 1. The monoisotopic (exact) mass is 352 g/mol. The smallest absolute Gasteiger partial charge is 0.254 e. The number of rotatable bonds is 3. The Hall–Kier alpha value is -2.69. The highest BCUT2D eigenvalue weighted by Gasteiger charge is 2.43. The average Bonchev–Trinajstić information content (AvgIpc) is 2.91. The van der Waals surface area contributed by atoms with Gasteiger partial charge in [0.05, 0.1) is 0 Å². The van der Waals surface area contributed by atoms with E-state index in [0.29, 0.717) is 17.0 Å². The molecule has 134 valence electrons. The standard InChI is InChI=1S/C21H21FN2O2/c22-17-7-5-13(6-8-17)16-11-18-9-10-19(12-16)24(18)21(26)15-3-1-14(2-4-15)20(23)25/h1-8,16,18-19H,9-12H2,(H2,23,25)/t16-,18+,19-. The van der Waals surface area contributed by atoms with Crippen LogP contribution in [0.15, 0.2) is 48.5 Å². The van der Waals surface area contributed by atoms with Crippen LogP contribution < -0.4 is 5.73 Å². The summed E-state index contributed by atoms with van der Waals surface area (Å²) < 4.78 is 13.2. The van der Waals surface area contributed by atoms with E-state index >= 15 is 0 Å². The molecule has 5 heteroatoms. The minimum atomic E-state index is -0.496. The fourth-order valence-electron chi connectivity index (χ4n) is 4.44. The second kappa shape index (κ2) is 6.56. The Morgan fingerprint density at radius 2 is 1.42 bits per heavy atom. The summed E-state index contributed by atoms with van der Waals surface area (Å²) >= 11 is 0. The van der Waals surface area contributed by atoms with Crippen LogP contribution in [0.2, 0.25) is 0 Å². The SMILES string of the molecule is NC(=O)c1ccc(C(=O)N2[C@@H]3CC[C@H]2C[C@@H](c2ccc(F)cc2)C3)cc1. The molecule has 2 aliphatic rings. The normalized spacial score (nSPS) is 24.5. The molecule has 2 saturated heterocycles. The van der Waals surface area contributed by atoms with Crippen molar-refractivity contribution in [3.05, 3.63) is 71.0 Å². The van der Waals surface area contributed by atoms with Crippen LogP contribution in [0.3, 0.4) is 0 Å². The first-order valence-electron chi connectivity index (χ1n) is 9.01. The fraction of sp³-hybridized carbons (Fsp3) is 0.333. The topological polar surface area (TPSA) is 63.4 Å². The molecule has 4 rings (SSSR count). The molecule has 2 fully saturated rings. The minimum Gasteiger partial charge on any atom is -0.366 e. The molecule has 0 saturated carbocycles. The van der Waals surface area contributed by atoms with Gasteiger partial charge in [-0.25, -0.2) is 4.39 Å². The van der Waals surface area contributed by atoms with Gasteiger partial charge in [0.2, 0.25) is 5.91 Å². The van der Waals surface area contributed by atoms with Crippen LogP contribution in [0.25, 0.3) is 0 Å². The van der Waals surface area contributed by atoms with Crippen LogP contribution >= 0.6 is 0 Å². The molecule has 2 N–H and O–H groups in total. The van der Waals surface area contributed by atoms with E-state index in [4.69, 9.17) is 5.73 Å². The maximum Gasteiger partial charge on any atom is 0.254 e. The predicted octanol–water partition coefficient (Wildman–Crippen LogP) is 3.48. The van der Waals surface area contributed by atoms with E-state index in [1.807, 2.05) is 17.0 Å². The van der Waals surface area contributed by atoms with Crippen molar-refractivity contribution in [1.82, 2.24) is 4.90 Å². The molecule has 26 heavy (non-hydrogen) atoms. The highest BCUT2D eigenvalue weighted by atomic mass is 19.1. The van der Waals surface area contributed by atoms with Gasteiger partial charge in [0, 0.05) is 23.2 Å². The zero-order valence-electron chi connectivity index (χ0n) is 14.4. The van der Waals surface area contributed by atoms with E-state index in [2.05, 4.69) is 0 Å². The molecule has 3 atom stereocenters. The van der Waals surface area contributed by atoms with Crippen molar-refractivity contribution < 1.29 is 14.0 Å². The Kier molecular flexibility index (Phi) is 4.23. The summed E-state index contributed by atoms with van der Waals surface area (Å²) in [6.07, 6.45) is 3.83. The van der Waals surface area contributed by atoms with Crippen LogP contribution in [-0.2, 0) is 0 Å². The van der Waals surface area contributed by atoms with Gasteiger partial charge in [-0.1, -0.05) is 12.1 Å². The molecular formula is C21H21FN2O2. The molecule has 2 heterocycles. The van der Waals surface area contributed by atoms with Gasteiger partial charge in [-0.15, -0.1) is 0 Å². The van der Waals surface area contributed by atoms with Crippen molar-refractivity contribution in [2.24, 2.45) is 5.73 Å². The third-order valence-electron chi connectivity index (χ3n) is 5.73. The van der Waals surface area contributed by atoms with Crippen molar-refractivity contribution in [3.63, 3.8) is 0 Å². The number of amides is 2. The lowest BCUT2D eigenvalue weighted by atomic mass is 9.85. The number of benzene rings is 2. The van der Waals surface area contributed by atoms with E-state index in [0.717, 1.165) is 31.2 Å². The number of nitrogens with zero attached hydrogens (tertiary/aromatic N) is 1. The third kappa shape index (κ3) is 2.98. The first kappa shape index (κ1) is 16.8. The van der Waals surface area contributed by atoms with E-state index in [1.165, 1.54) is 12.1 Å². The fourth-order valence-corrected chi connectivity index (χ4v) is 4.44. The van der Waals surface area contributed by atoms with Crippen molar-refractivity contribution in [3.8, 4) is 0 Å². The van der Waals surface area contributed by atoms with Gasteiger partial charge in [-0.3, -0.25) is 9.59 Å². The van der Waals surface area contributed by atoms with Crippen molar-refractivity contribution >= 4 is 11.8 Å². The van der Waals surface area contributed by atoms with Crippen LogP contribution in [-0.4, -0.2) is 28.8 Å². The van der Waals surface area contributed by atoms with Gasteiger partial charge >= 0.3 is 0 Å². The lowest BCUT2D eigenvalue weighted by Crippen LogP contribution is -2.46. The molecule has 4 nitrogen and oxygen atoms in total. The van der Waals surface area contributed by atoms with Gasteiger partial charge in [-0.2, -0.15) is 0 Å². The second-order valence-electron chi connectivity index (χ2n) is 7.26. The summed E-state index contributed by atoms with van der Waals surface area (Å²) in [5.74, 6) is -0.326. The molecular weight excluding hydrogens is 331 g/mol. The summed E-state index contributed by atoms with van der Waals surface area (Å²) in [6.45, 7) is 0. The van der Waals surface area contributed by atoms with Gasteiger partial charge in [0.1, 0.15) is 5.82 Å². The number of carbonyl (C=O) groups excluding carboxylic acids is 2. The van der Waals surface area contributed by atoms with Crippen molar-refractivity contribution in [1.29, 1.82) is 0 Å². The molecule has 0 unspecified atom stereocenters. The number of nitrogens with two attached hydrogens (primary N) is 1. The largest absolute Gasteiger partial charge is 0.366 e. The van der Waals surface area contributed by atoms with Crippen molar-refractivity contribution in [2.75, 3.05) is 0 Å². The molecule has 0 aromatic heterocycles. The van der Waals surface area contributed by atoms with Crippen LogP contribution in [0.5, 0.6) is 0 Å². The molecule has 0 spiro atoms. The van der Waals surface area contributed by atoms with E-state index < -0.39 is 5.91 Å². The maximum absolute atomic E-state index is 13.2. The molecule has 0 aliphatic carbocycles. The number of hydrogen-bond acceptors (Lipinski definition) is 2. The zero-order valence-corrected chi connectivity index (χ0v) is 14.4. The number of primary amides is 1. The minimum absolute atomic E-state index is 0.0195. The van der Waals surface area contributed by atoms with Crippen molar-refractivity contribution in [2.45, 2.75) is 43.7 Å². The highest BCUT2D eigenvalue weighted by molar-refractivity contribution is 5.97. The predicted molar refractivity (Wildman–Crippen MR) is 96.3 cm³/mol. The molecule has 0 radical (unpaired) electrons. The number of fused-ring (bicyclic) bond motifs is 2. The first-order chi connectivity index (χ1) is 12.5. The highest BCUT2D eigenvalue weighted by Crippen LogP contribution is 2.43. The Balaban J connectivity index is 1.51. The van der Waals surface area contributed by atoms with Gasteiger partial charge in [0.15, 0.2) is 0 Å². The number of carbonyl (C=O) groups is 2. The molecule has 2 aromatic rings. The molecule has 2 aromatic carbocycles. The molecule has 2 amide bonds. The zero-order chi connectivity index (χ0) is 18.3. The molecule has 2 aliphatic heterocycles. The van der Waals surface area contributed by atoms with Gasteiger partial charge < -0.3 is 10.6 Å². The summed E-state index contributed by atoms with van der Waals surface area (Å²) in [4.78, 5) is 26.2. The summed E-state index contributed by atoms with van der Waals surface area (Å²) in [7, 11) is 0. The lowest BCUT2D eigenvalue weighted by molar-refractivity contribution is 0.0571. The quantitative estimate of drug-likeness (QED) is 0.919. The Labute approximate surface area is 151 Å². The average molecular weight is 352 g/mol. The third-order valence-corrected chi connectivity index (χ3v) is 5.73. The molecule has 2 bridgehead atoms. The number of piperidine rings is 1. The Morgan fingerprint density at radius 1 is 0.885 bits per heavy atom. The van der Waals surface area contributed by atoms with Crippen LogP contribution in [0, 0.1) is 5.82 Å². The lowest BCUT2D eigenvalue weighted by Gasteiger charge is -2.39. The van der Waals surface area contributed by atoms with Crippen LogP contribution in [0.1, 0.15) is 57.9 Å². The van der Waals surface area contributed by atoms with E-state index in [1.54, 1.807) is 24.3 Å². The van der Waals surface area contributed by atoms with E-state index in [9.17, 15) is 14.0 Å². The van der Waals surface area contributed by atoms with Gasteiger partial charge in [-0.05, 0) is 73.6 Å². The second-order valence-corrected chi connectivity index (χ2v) is 7.26. The van der Waals surface area contributed by atoms with Gasteiger partial charge in [0.25, 0.3) is 5.91 Å². The summed E-state index contributed by atoms with van der Waals surface area (Å²) in [5, 5.41) is 0. The summed E-state index contributed by atoms with van der Waals surface area (Å²) in [5.41, 5.74) is 7.41. The summed E-state index contributed by atoms with van der Waals surface area (Å²) in [6, 6.07) is 13.7. The van der Waals surface area contributed by atoms with E-state index in [-0.39, 0.29) is 23.8 Å². The maximum atomic E-state index is 13.2. The Morgan fingerprint density at radius 3 is 1.96 bits per heavy atom. The number of hydrogen-bond donors (Lipinski definition) is 1.